The van der Waals surface area contributed by atoms with Crippen LogP contribution >= 0.6 is 0 Å². The number of aryl methyl sites for hydroxylation is 1. The first-order valence-corrected chi connectivity index (χ1v) is 4.97. The summed E-state index contributed by atoms with van der Waals surface area (Å²) in [5.41, 5.74) is 7.82. The average molecular weight is 217 g/mol. The van der Waals surface area contributed by atoms with Crippen molar-refractivity contribution in [2.75, 3.05) is 0 Å². The van der Waals surface area contributed by atoms with Crippen LogP contribution in [0.5, 0.6) is 0 Å². The predicted molar refractivity (Wildman–Crippen MR) is 59.2 cm³/mol. The van der Waals surface area contributed by atoms with Crippen molar-refractivity contribution in [1.82, 2.24) is 9.97 Å². The number of nitrogens with zero attached hydrogens (tertiary/aromatic N) is 2. The van der Waals surface area contributed by atoms with E-state index in [1.165, 1.54) is 12.3 Å². The van der Waals surface area contributed by atoms with E-state index in [9.17, 15) is 4.39 Å². The number of halogens is 1. The molecule has 0 radical (unpaired) electrons. The topological polar surface area (TPSA) is 51.8 Å². The molecule has 2 aromatic rings. The third-order valence-electron chi connectivity index (χ3n) is 2.37. The van der Waals surface area contributed by atoms with Crippen LogP contribution in [0.3, 0.4) is 0 Å². The van der Waals surface area contributed by atoms with E-state index in [-0.39, 0.29) is 5.69 Å². The fourth-order valence-electron chi connectivity index (χ4n) is 1.45. The zero-order chi connectivity index (χ0) is 11.5. The van der Waals surface area contributed by atoms with Crippen LogP contribution in [-0.4, -0.2) is 9.97 Å². The Bertz CT molecular complexity index is 482. The van der Waals surface area contributed by atoms with E-state index in [0.29, 0.717) is 0 Å². The quantitative estimate of drug-likeness (QED) is 0.836. The van der Waals surface area contributed by atoms with Gasteiger partial charge >= 0.3 is 0 Å². The Balaban J connectivity index is 2.35. The van der Waals surface area contributed by atoms with Gasteiger partial charge in [-0.15, -0.1) is 0 Å². The molecule has 1 unspecified atom stereocenters. The van der Waals surface area contributed by atoms with Crippen LogP contribution in [0.15, 0.2) is 36.7 Å². The van der Waals surface area contributed by atoms with Gasteiger partial charge in [0.15, 0.2) is 0 Å². The molecule has 82 valence electrons. The van der Waals surface area contributed by atoms with Crippen LogP contribution in [0.4, 0.5) is 4.39 Å². The summed E-state index contributed by atoms with van der Waals surface area (Å²) in [5.74, 6) is -0.393. The first-order chi connectivity index (χ1) is 7.68. The van der Waals surface area contributed by atoms with E-state index < -0.39 is 11.9 Å². The van der Waals surface area contributed by atoms with Crippen LogP contribution in [0.25, 0.3) is 0 Å². The average Bonchev–Trinajstić information content (AvgIpc) is 2.30. The van der Waals surface area contributed by atoms with Gasteiger partial charge in [-0.05, 0) is 30.7 Å². The molecule has 0 bridgehead atoms. The van der Waals surface area contributed by atoms with E-state index in [2.05, 4.69) is 9.97 Å². The van der Waals surface area contributed by atoms with Crippen LogP contribution in [-0.2, 0) is 0 Å². The monoisotopic (exact) mass is 217 g/mol. The maximum Gasteiger partial charge on any atom is 0.146 e. The lowest BCUT2D eigenvalue weighted by molar-refractivity contribution is 0.586. The van der Waals surface area contributed by atoms with Crippen LogP contribution in [0, 0.1) is 12.7 Å². The highest BCUT2D eigenvalue weighted by Gasteiger charge is 2.14. The third-order valence-corrected chi connectivity index (χ3v) is 2.37. The molecule has 2 rings (SSSR count). The molecular weight excluding hydrogens is 205 g/mol. The molecule has 0 spiro atoms. The van der Waals surface area contributed by atoms with Crippen molar-refractivity contribution in [1.29, 1.82) is 0 Å². The van der Waals surface area contributed by atoms with Gasteiger partial charge in [-0.2, -0.15) is 0 Å². The minimum Gasteiger partial charge on any atom is -0.319 e. The lowest BCUT2D eigenvalue weighted by Gasteiger charge is -2.11. The Morgan fingerprint density at radius 3 is 2.69 bits per heavy atom. The zero-order valence-electron chi connectivity index (χ0n) is 8.89. The Morgan fingerprint density at radius 2 is 2.06 bits per heavy atom. The number of hydrogen-bond acceptors (Lipinski definition) is 3. The van der Waals surface area contributed by atoms with E-state index in [1.54, 1.807) is 12.3 Å². The number of aromatic nitrogens is 2. The largest absolute Gasteiger partial charge is 0.319 e. The third kappa shape index (κ3) is 2.06. The summed E-state index contributed by atoms with van der Waals surface area (Å²) in [5, 5.41) is 0. The molecule has 0 saturated heterocycles. The number of hydrogen-bond donors (Lipinski definition) is 1. The van der Waals surface area contributed by atoms with Gasteiger partial charge in [0.2, 0.25) is 0 Å². The summed E-state index contributed by atoms with van der Waals surface area (Å²) in [4.78, 5) is 8.07. The van der Waals surface area contributed by atoms with Crippen molar-refractivity contribution < 1.29 is 4.39 Å². The zero-order valence-corrected chi connectivity index (χ0v) is 8.89. The molecule has 0 aliphatic heterocycles. The minimum absolute atomic E-state index is 0.244. The molecule has 3 nitrogen and oxygen atoms in total. The van der Waals surface area contributed by atoms with Crippen molar-refractivity contribution >= 4 is 0 Å². The molecule has 16 heavy (non-hydrogen) atoms. The van der Waals surface area contributed by atoms with Crippen LogP contribution in [0.2, 0.25) is 0 Å². The Labute approximate surface area is 93.2 Å². The second-order valence-electron chi connectivity index (χ2n) is 3.58. The maximum atomic E-state index is 13.4. The Kier molecular flexibility index (Phi) is 2.92. The van der Waals surface area contributed by atoms with Crippen molar-refractivity contribution in [3.05, 3.63) is 59.4 Å². The van der Waals surface area contributed by atoms with E-state index in [0.717, 1.165) is 11.3 Å². The molecule has 2 aromatic heterocycles. The second-order valence-corrected chi connectivity index (χ2v) is 3.58. The maximum absolute atomic E-state index is 13.4. The van der Waals surface area contributed by atoms with Gasteiger partial charge in [0.05, 0.1) is 11.7 Å². The minimum atomic E-state index is -0.575. The molecular formula is C12H12FN3. The first kappa shape index (κ1) is 10.7. The summed E-state index contributed by atoms with van der Waals surface area (Å²) in [6.45, 7) is 1.89. The summed E-state index contributed by atoms with van der Waals surface area (Å²) in [6.07, 6.45) is 3.17. The predicted octanol–water partition coefficient (Wildman–Crippen LogP) is 1.97. The van der Waals surface area contributed by atoms with E-state index in [1.807, 2.05) is 19.1 Å². The van der Waals surface area contributed by atoms with Gasteiger partial charge in [-0.1, -0.05) is 6.07 Å². The molecule has 0 amide bonds. The van der Waals surface area contributed by atoms with Crippen LogP contribution in [0.1, 0.15) is 23.0 Å². The summed E-state index contributed by atoms with van der Waals surface area (Å²) in [7, 11) is 0. The van der Waals surface area contributed by atoms with E-state index >= 15 is 0 Å². The SMILES string of the molecule is Cc1ccc(C(N)c2ncccc2F)cn1. The highest BCUT2D eigenvalue weighted by Crippen LogP contribution is 2.19. The van der Waals surface area contributed by atoms with Gasteiger partial charge in [-0.3, -0.25) is 9.97 Å². The van der Waals surface area contributed by atoms with Gasteiger partial charge in [0.1, 0.15) is 5.82 Å². The lowest BCUT2D eigenvalue weighted by atomic mass is 10.1. The molecule has 0 aliphatic carbocycles. The van der Waals surface area contributed by atoms with Crippen molar-refractivity contribution in [3.8, 4) is 0 Å². The molecule has 0 fully saturated rings. The Hall–Kier alpha value is -1.81. The summed E-state index contributed by atoms with van der Waals surface area (Å²) in [6, 6.07) is 5.99. The number of rotatable bonds is 2. The Morgan fingerprint density at radius 1 is 1.25 bits per heavy atom. The van der Waals surface area contributed by atoms with Crippen LogP contribution < -0.4 is 5.73 Å². The molecule has 0 aromatic carbocycles. The second kappa shape index (κ2) is 4.37. The summed E-state index contributed by atoms with van der Waals surface area (Å²) < 4.78 is 13.4. The molecule has 4 heteroatoms. The molecule has 0 aliphatic rings. The molecule has 2 N–H and O–H groups in total. The number of nitrogens with two attached hydrogens (primary N) is 1. The fraction of sp³-hybridized carbons (Fsp3) is 0.167. The normalized spacial score (nSPS) is 12.4. The highest BCUT2D eigenvalue weighted by molar-refractivity contribution is 5.26. The number of pyridine rings is 2. The smallest absolute Gasteiger partial charge is 0.146 e. The van der Waals surface area contributed by atoms with Gasteiger partial charge in [-0.25, -0.2) is 4.39 Å². The molecule has 1 atom stereocenters. The first-order valence-electron chi connectivity index (χ1n) is 4.97. The van der Waals surface area contributed by atoms with Crippen molar-refractivity contribution in [2.45, 2.75) is 13.0 Å². The fourth-order valence-corrected chi connectivity index (χ4v) is 1.45. The van der Waals surface area contributed by atoms with Gasteiger partial charge in [0.25, 0.3) is 0 Å². The van der Waals surface area contributed by atoms with E-state index in [4.69, 9.17) is 5.73 Å². The molecule has 2 heterocycles. The standard InChI is InChI=1S/C12H12FN3/c1-8-4-5-9(7-16-8)11(14)12-10(13)3-2-6-15-12/h2-7,11H,14H2,1H3. The van der Waals surface area contributed by atoms with Crippen molar-refractivity contribution in [2.24, 2.45) is 5.73 Å². The lowest BCUT2D eigenvalue weighted by Crippen LogP contribution is -2.15. The molecule has 0 saturated carbocycles. The van der Waals surface area contributed by atoms with Gasteiger partial charge < -0.3 is 5.73 Å². The van der Waals surface area contributed by atoms with Crippen molar-refractivity contribution in [3.63, 3.8) is 0 Å². The summed E-state index contributed by atoms with van der Waals surface area (Å²) >= 11 is 0. The van der Waals surface area contributed by atoms with Gasteiger partial charge in [0, 0.05) is 18.1 Å². The highest BCUT2D eigenvalue weighted by atomic mass is 19.1.